The molecule has 0 fully saturated rings. The van der Waals surface area contributed by atoms with Gasteiger partial charge in [0.15, 0.2) is 0 Å². The molecule has 0 atom stereocenters. The average molecular weight is 329 g/mol. The van der Waals surface area contributed by atoms with Gasteiger partial charge in [0, 0.05) is 22.3 Å². The molecule has 0 aliphatic rings. The number of aromatic nitrogens is 3. The van der Waals surface area contributed by atoms with Crippen molar-refractivity contribution in [2.45, 2.75) is 26.8 Å². The molecular weight excluding hydrogens is 312 g/mol. The second kappa shape index (κ2) is 6.01. The summed E-state index contributed by atoms with van der Waals surface area (Å²) < 4.78 is 1.83. The molecule has 118 valence electrons. The number of anilines is 1. The van der Waals surface area contributed by atoms with Crippen molar-refractivity contribution >= 4 is 34.2 Å². The summed E-state index contributed by atoms with van der Waals surface area (Å²) in [6, 6.07) is 11.0. The summed E-state index contributed by atoms with van der Waals surface area (Å²) in [6.07, 6.45) is 0. The molecule has 1 heterocycles. The molecule has 5 nitrogen and oxygen atoms in total. The van der Waals surface area contributed by atoms with Gasteiger partial charge in [0.1, 0.15) is 5.52 Å². The fourth-order valence-corrected chi connectivity index (χ4v) is 2.56. The van der Waals surface area contributed by atoms with Gasteiger partial charge in [-0.1, -0.05) is 22.9 Å². The maximum absolute atomic E-state index is 12.5. The number of amides is 1. The molecule has 1 N–H and O–H groups in total. The molecule has 6 heteroatoms. The number of carbonyl (C=O) groups is 1. The van der Waals surface area contributed by atoms with Crippen LogP contribution in [0.25, 0.3) is 11.0 Å². The van der Waals surface area contributed by atoms with Crippen molar-refractivity contribution < 1.29 is 4.79 Å². The van der Waals surface area contributed by atoms with Crippen LogP contribution in [0.3, 0.4) is 0 Å². The molecule has 1 aromatic heterocycles. The summed E-state index contributed by atoms with van der Waals surface area (Å²) in [5.74, 6) is -0.198. The standard InChI is InChI=1S/C17H17ClN4O/c1-10(2)22-16-7-5-12(8-15(16)20-21-22)17(23)19-14-9-13(18)6-4-11(14)3/h4-10H,1-3H3,(H,19,23). The Morgan fingerprint density at radius 2 is 2.00 bits per heavy atom. The van der Waals surface area contributed by atoms with Crippen LogP contribution in [0.1, 0.15) is 35.8 Å². The van der Waals surface area contributed by atoms with Crippen molar-refractivity contribution in [1.29, 1.82) is 0 Å². The van der Waals surface area contributed by atoms with Gasteiger partial charge in [0.2, 0.25) is 0 Å². The van der Waals surface area contributed by atoms with Crippen LogP contribution in [-0.2, 0) is 0 Å². The number of hydrogen-bond acceptors (Lipinski definition) is 3. The molecule has 0 unspecified atom stereocenters. The van der Waals surface area contributed by atoms with Crippen LogP contribution >= 0.6 is 11.6 Å². The quantitative estimate of drug-likeness (QED) is 0.782. The third-order valence-corrected chi connectivity index (χ3v) is 3.91. The summed E-state index contributed by atoms with van der Waals surface area (Å²) >= 11 is 5.98. The Morgan fingerprint density at radius 1 is 1.22 bits per heavy atom. The summed E-state index contributed by atoms with van der Waals surface area (Å²) in [6.45, 7) is 6.00. The summed E-state index contributed by atoms with van der Waals surface area (Å²) in [7, 11) is 0. The molecule has 0 radical (unpaired) electrons. The van der Waals surface area contributed by atoms with Gasteiger partial charge in [-0.25, -0.2) is 4.68 Å². The highest BCUT2D eigenvalue weighted by Crippen LogP contribution is 2.22. The maximum atomic E-state index is 12.5. The highest BCUT2D eigenvalue weighted by atomic mass is 35.5. The van der Waals surface area contributed by atoms with E-state index in [4.69, 9.17) is 11.6 Å². The Kier molecular flexibility index (Phi) is 4.05. The first kappa shape index (κ1) is 15.5. The van der Waals surface area contributed by atoms with Crippen molar-refractivity contribution in [3.05, 3.63) is 52.5 Å². The summed E-state index contributed by atoms with van der Waals surface area (Å²) in [5, 5.41) is 11.7. The minimum absolute atomic E-state index is 0.198. The van der Waals surface area contributed by atoms with Crippen LogP contribution in [0, 0.1) is 6.92 Å². The van der Waals surface area contributed by atoms with E-state index in [2.05, 4.69) is 15.6 Å². The first-order valence-electron chi connectivity index (χ1n) is 7.38. The number of fused-ring (bicyclic) bond motifs is 1. The number of aryl methyl sites for hydroxylation is 1. The van der Waals surface area contributed by atoms with Gasteiger partial charge in [-0.15, -0.1) is 5.10 Å². The van der Waals surface area contributed by atoms with Gasteiger partial charge in [0.05, 0.1) is 5.52 Å². The smallest absolute Gasteiger partial charge is 0.255 e. The van der Waals surface area contributed by atoms with Gasteiger partial charge < -0.3 is 5.32 Å². The van der Waals surface area contributed by atoms with E-state index >= 15 is 0 Å². The number of hydrogen-bond donors (Lipinski definition) is 1. The van der Waals surface area contributed by atoms with E-state index in [0.29, 0.717) is 21.8 Å². The van der Waals surface area contributed by atoms with Gasteiger partial charge in [-0.3, -0.25) is 4.79 Å². The van der Waals surface area contributed by atoms with Crippen LogP contribution in [0.2, 0.25) is 5.02 Å². The Balaban J connectivity index is 1.90. The lowest BCUT2D eigenvalue weighted by molar-refractivity contribution is 0.102. The molecule has 0 aliphatic heterocycles. The molecule has 0 aliphatic carbocycles. The Hall–Kier alpha value is -2.40. The molecule has 0 saturated heterocycles. The van der Waals surface area contributed by atoms with Crippen molar-refractivity contribution in [2.75, 3.05) is 5.32 Å². The largest absolute Gasteiger partial charge is 0.322 e. The van der Waals surface area contributed by atoms with Gasteiger partial charge in [-0.2, -0.15) is 0 Å². The molecule has 0 saturated carbocycles. The fourth-order valence-electron chi connectivity index (χ4n) is 2.39. The maximum Gasteiger partial charge on any atom is 0.255 e. The number of nitrogens with one attached hydrogen (secondary N) is 1. The monoisotopic (exact) mass is 328 g/mol. The van der Waals surface area contributed by atoms with Crippen LogP contribution in [0.5, 0.6) is 0 Å². The highest BCUT2D eigenvalue weighted by molar-refractivity contribution is 6.31. The van der Waals surface area contributed by atoms with E-state index in [1.807, 2.05) is 37.6 Å². The Bertz CT molecular complexity index is 885. The van der Waals surface area contributed by atoms with Gasteiger partial charge in [0.25, 0.3) is 5.91 Å². The van der Waals surface area contributed by atoms with Crippen molar-refractivity contribution in [1.82, 2.24) is 15.0 Å². The number of benzene rings is 2. The highest BCUT2D eigenvalue weighted by Gasteiger charge is 2.12. The third-order valence-electron chi connectivity index (χ3n) is 3.67. The van der Waals surface area contributed by atoms with E-state index in [1.165, 1.54) is 0 Å². The normalized spacial score (nSPS) is 11.2. The fraction of sp³-hybridized carbons (Fsp3) is 0.235. The van der Waals surface area contributed by atoms with Crippen LogP contribution < -0.4 is 5.32 Å². The summed E-state index contributed by atoms with van der Waals surface area (Å²) in [4.78, 5) is 12.5. The average Bonchev–Trinajstić information content (AvgIpc) is 2.94. The number of halogens is 1. The van der Waals surface area contributed by atoms with Crippen LogP contribution in [-0.4, -0.2) is 20.9 Å². The van der Waals surface area contributed by atoms with Gasteiger partial charge >= 0.3 is 0 Å². The molecule has 3 aromatic rings. The zero-order chi connectivity index (χ0) is 16.6. The molecule has 1 amide bonds. The minimum Gasteiger partial charge on any atom is -0.322 e. The second-order valence-electron chi connectivity index (χ2n) is 5.74. The Morgan fingerprint density at radius 3 is 2.74 bits per heavy atom. The SMILES string of the molecule is Cc1ccc(Cl)cc1NC(=O)c1ccc2c(c1)nnn2C(C)C. The zero-order valence-electron chi connectivity index (χ0n) is 13.2. The minimum atomic E-state index is -0.198. The molecule has 23 heavy (non-hydrogen) atoms. The van der Waals surface area contributed by atoms with E-state index in [9.17, 15) is 4.79 Å². The lowest BCUT2D eigenvalue weighted by Crippen LogP contribution is -2.12. The lowest BCUT2D eigenvalue weighted by atomic mass is 10.1. The van der Waals surface area contributed by atoms with Crippen molar-refractivity contribution in [3.63, 3.8) is 0 Å². The first-order chi connectivity index (χ1) is 11.0. The van der Waals surface area contributed by atoms with E-state index in [0.717, 1.165) is 11.1 Å². The predicted molar refractivity (Wildman–Crippen MR) is 92.1 cm³/mol. The van der Waals surface area contributed by atoms with E-state index in [1.54, 1.807) is 24.3 Å². The molecule has 3 rings (SSSR count). The number of carbonyl (C=O) groups excluding carboxylic acids is 1. The van der Waals surface area contributed by atoms with E-state index < -0.39 is 0 Å². The van der Waals surface area contributed by atoms with Crippen molar-refractivity contribution in [3.8, 4) is 0 Å². The van der Waals surface area contributed by atoms with Crippen LogP contribution in [0.4, 0.5) is 5.69 Å². The second-order valence-corrected chi connectivity index (χ2v) is 6.18. The summed E-state index contributed by atoms with van der Waals surface area (Å²) in [5.41, 5.74) is 3.81. The zero-order valence-corrected chi connectivity index (χ0v) is 13.9. The van der Waals surface area contributed by atoms with Crippen LogP contribution in [0.15, 0.2) is 36.4 Å². The third kappa shape index (κ3) is 3.05. The van der Waals surface area contributed by atoms with Crippen molar-refractivity contribution in [2.24, 2.45) is 0 Å². The van der Waals surface area contributed by atoms with E-state index in [-0.39, 0.29) is 11.9 Å². The Labute approximate surface area is 139 Å². The lowest BCUT2D eigenvalue weighted by Gasteiger charge is -2.09. The first-order valence-corrected chi connectivity index (χ1v) is 7.76. The number of nitrogens with zero attached hydrogens (tertiary/aromatic N) is 3. The topological polar surface area (TPSA) is 59.8 Å². The molecule has 2 aromatic carbocycles. The van der Waals surface area contributed by atoms with Gasteiger partial charge in [-0.05, 0) is 56.7 Å². The number of rotatable bonds is 3. The molecular formula is C17H17ClN4O. The molecule has 0 spiro atoms. The molecule has 0 bridgehead atoms. The predicted octanol–water partition coefficient (Wildman–Crippen LogP) is 4.23.